The van der Waals surface area contributed by atoms with E-state index in [1.807, 2.05) is 0 Å². The van der Waals surface area contributed by atoms with Crippen LogP contribution in [0.2, 0.25) is 0 Å². The van der Waals surface area contributed by atoms with E-state index in [-0.39, 0.29) is 22.7 Å². The minimum atomic E-state index is -0.617. The maximum atomic E-state index is 10.9. The molecule has 19 heavy (non-hydrogen) atoms. The molecule has 0 saturated heterocycles. The third kappa shape index (κ3) is 2.49. The van der Waals surface area contributed by atoms with Crippen LogP contribution in [0.4, 0.5) is 11.4 Å². The highest BCUT2D eigenvalue weighted by atomic mass is 16.6. The molecule has 0 aliphatic heterocycles. The van der Waals surface area contributed by atoms with Gasteiger partial charge < -0.3 is 5.11 Å². The highest BCUT2D eigenvalue weighted by molar-refractivity contribution is 5.76. The summed E-state index contributed by atoms with van der Waals surface area (Å²) < 4.78 is 0. The zero-order valence-corrected chi connectivity index (χ0v) is 9.52. The summed E-state index contributed by atoms with van der Waals surface area (Å²) in [5.74, 6) is 0.0110. The number of hydrogen-bond acceptors (Lipinski definition) is 5. The Morgan fingerprint density at radius 2 is 1.53 bits per heavy atom. The highest BCUT2D eigenvalue weighted by Gasteiger charge is 2.19. The van der Waals surface area contributed by atoms with Crippen molar-refractivity contribution in [3.05, 3.63) is 62.7 Å². The van der Waals surface area contributed by atoms with Crippen LogP contribution in [-0.2, 0) is 0 Å². The molecular formula is C12H8N2O5. The summed E-state index contributed by atoms with van der Waals surface area (Å²) in [5, 5.41) is 30.8. The summed E-state index contributed by atoms with van der Waals surface area (Å²) >= 11 is 0. The Kier molecular flexibility index (Phi) is 3.11. The standard InChI is InChI=1S/C12H8N2O5/c15-10-4-1-8(2-5-10)11-7-9(13(16)17)3-6-12(11)14(18)19/h1-7,15H. The second-order valence-corrected chi connectivity index (χ2v) is 3.76. The predicted molar refractivity (Wildman–Crippen MR) is 66.9 cm³/mol. The zero-order valence-electron chi connectivity index (χ0n) is 9.52. The second kappa shape index (κ2) is 4.73. The molecule has 2 aromatic rings. The van der Waals surface area contributed by atoms with Crippen molar-refractivity contribution >= 4 is 11.4 Å². The summed E-state index contributed by atoms with van der Waals surface area (Å²) in [6.07, 6.45) is 0. The van der Waals surface area contributed by atoms with Crippen molar-refractivity contribution in [1.29, 1.82) is 0 Å². The molecule has 0 bridgehead atoms. The van der Waals surface area contributed by atoms with Crippen LogP contribution < -0.4 is 0 Å². The van der Waals surface area contributed by atoms with Gasteiger partial charge in [-0.1, -0.05) is 12.1 Å². The van der Waals surface area contributed by atoms with Crippen molar-refractivity contribution in [2.24, 2.45) is 0 Å². The first-order valence-corrected chi connectivity index (χ1v) is 5.21. The van der Waals surface area contributed by atoms with E-state index in [9.17, 15) is 25.3 Å². The molecule has 0 heterocycles. The van der Waals surface area contributed by atoms with Gasteiger partial charge in [0.25, 0.3) is 11.4 Å². The summed E-state index contributed by atoms with van der Waals surface area (Å²) in [6, 6.07) is 8.96. The molecule has 0 spiro atoms. The fourth-order valence-corrected chi connectivity index (χ4v) is 1.67. The SMILES string of the molecule is O=[N+]([O-])c1ccc([N+](=O)[O-])c(-c2ccc(O)cc2)c1. The number of phenols is 1. The Balaban J connectivity index is 2.64. The largest absolute Gasteiger partial charge is 0.508 e. The molecule has 0 amide bonds. The molecule has 0 aliphatic rings. The van der Waals surface area contributed by atoms with Gasteiger partial charge in [0.15, 0.2) is 0 Å². The molecular weight excluding hydrogens is 252 g/mol. The number of aromatic hydroxyl groups is 1. The summed E-state index contributed by atoms with van der Waals surface area (Å²) in [6.45, 7) is 0. The lowest BCUT2D eigenvalue weighted by Gasteiger charge is -2.03. The van der Waals surface area contributed by atoms with Crippen LogP contribution in [0.3, 0.4) is 0 Å². The van der Waals surface area contributed by atoms with Crippen LogP contribution in [0.1, 0.15) is 0 Å². The smallest absolute Gasteiger partial charge is 0.277 e. The first kappa shape index (κ1) is 12.5. The Morgan fingerprint density at radius 3 is 2.05 bits per heavy atom. The van der Waals surface area contributed by atoms with E-state index in [4.69, 9.17) is 0 Å². The van der Waals surface area contributed by atoms with Crippen molar-refractivity contribution in [2.45, 2.75) is 0 Å². The third-order valence-corrected chi connectivity index (χ3v) is 2.57. The van der Waals surface area contributed by atoms with Crippen molar-refractivity contribution in [3.63, 3.8) is 0 Å². The quantitative estimate of drug-likeness (QED) is 0.674. The molecule has 0 aliphatic carbocycles. The normalized spacial score (nSPS) is 10.1. The van der Waals surface area contributed by atoms with E-state index in [1.165, 1.54) is 24.3 Å². The van der Waals surface area contributed by atoms with Gasteiger partial charge >= 0.3 is 0 Å². The van der Waals surface area contributed by atoms with Crippen LogP contribution in [-0.4, -0.2) is 15.0 Å². The summed E-state index contributed by atoms with van der Waals surface area (Å²) in [7, 11) is 0. The third-order valence-electron chi connectivity index (χ3n) is 2.57. The van der Waals surface area contributed by atoms with Crippen molar-refractivity contribution in [2.75, 3.05) is 0 Å². The van der Waals surface area contributed by atoms with Crippen molar-refractivity contribution in [1.82, 2.24) is 0 Å². The molecule has 0 saturated carbocycles. The van der Waals surface area contributed by atoms with E-state index in [0.717, 1.165) is 18.2 Å². The van der Waals surface area contributed by atoms with E-state index in [2.05, 4.69) is 0 Å². The van der Waals surface area contributed by atoms with Gasteiger partial charge in [-0.25, -0.2) is 0 Å². The van der Waals surface area contributed by atoms with Crippen LogP contribution in [0.15, 0.2) is 42.5 Å². The summed E-state index contributed by atoms with van der Waals surface area (Å²) in [5.41, 5.74) is 0.109. The zero-order chi connectivity index (χ0) is 14.0. The molecule has 96 valence electrons. The van der Waals surface area contributed by atoms with E-state index < -0.39 is 9.85 Å². The maximum absolute atomic E-state index is 10.9. The number of phenolic OH excluding ortho intramolecular Hbond substituents is 1. The van der Waals surface area contributed by atoms with Crippen LogP contribution in [0.5, 0.6) is 5.75 Å². The van der Waals surface area contributed by atoms with Gasteiger partial charge in [0.2, 0.25) is 0 Å². The van der Waals surface area contributed by atoms with Crippen LogP contribution >= 0.6 is 0 Å². The van der Waals surface area contributed by atoms with E-state index >= 15 is 0 Å². The van der Waals surface area contributed by atoms with Crippen molar-refractivity contribution in [3.8, 4) is 16.9 Å². The van der Waals surface area contributed by atoms with Gasteiger partial charge in [-0.05, 0) is 17.7 Å². The van der Waals surface area contributed by atoms with Gasteiger partial charge in [-0.3, -0.25) is 20.2 Å². The lowest BCUT2D eigenvalue weighted by atomic mass is 10.0. The molecule has 0 fully saturated rings. The Bertz CT molecular complexity index is 652. The number of nitro benzene ring substituents is 2. The number of non-ortho nitro benzene ring substituents is 1. The van der Waals surface area contributed by atoms with E-state index in [0.29, 0.717) is 5.56 Å². The number of hydrogen-bond donors (Lipinski definition) is 1. The first-order valence-electron chi connectivity index (χ1n) is 5.21. The van der Waals surface area contributed by atoms with Gasteiger partial charge in [0.05, 0.1) is 15.4 Å². The molecule has 2 rings (SSSR count). The summed E-state index contributed by atoms with van der Waals surface area (Å²) in [4.78, 5) is 20.4. The molecule has 7 nitrogen and oxygen atoms in total. The van der Waals surface area contributed by atoms with Gasteiger partial charge in [-0.15, -0.1) is 0 Å². The molecule has 7 heteroatoms. The lowest BCUT2D eigenvalue weighted by Crippen LogP contribution is -1.94. The minimum Gasteiger partial charge on any atom is -0.508 e. The van der Waals surface area contributed by atoms with Crippen LogP contribution in [0.25, 0.3) is 11.1 Å². The molecule has 0 radical (unpaired) electrons. The monoisotopic (exact) mass is 260 g/mol. The Hall–Kier alpha value is -2.96. The Morgan fingerprint density at radius 1 is 0.895 bits per heavy atom. The predicted octanol–water partition coefficient (Wildman–Crippen LogP) is 2.88. The number of nitro groups is 2. The molecule has 2 aromatic carbocycles. The number of nitrogens with zero attached hydrogens (tertiary/aromatic N) is 2. The molecule has 0 unspecified atom stereocenters. The van der Waals surface area contributed by atoms with Gasteiger partial charge in [0.1, 0.15) is 5.75 Å². The fourth-order valence-electron chi connectivity index (χ4n) is 1.67. The number of rotatable bonds is 3. The average Bonchev–Trinajstić information content (AvgIpc) is 2.38. The van der Waals surface area contributed by atoms with Gasteiger partial charge in [0, 0.05) is 18.2 Å². The minimum absolute atomic E-state index is 0.0110. The van der Waals surface area contributed by atoms with E-state index in [1.54, 1.807) is 0 Å². The number of benzene rings is 2. The van der Waals surface area contributed by atoms with Crippen molar-refractivity contribution < 1.29 is 15.0 Å². The molecule has 0 aromatic heterocycles. The molecule has 0 atom stereocenters. The second-order valence-electron chi connectivity index (χ2n) is 3.76. The topological polar surface area (TPSA) is 107 Å². The fraction of sp³-hybridized carbons (Fsp3) is 0. The Labute approximate surface area is 107 Å². The lowest BCUT2D eigenvalue weighted by molar-refractivity contribution is -0.388. The first-order chi connectivity index (χ1) is 8.99. The van der Waals surface area contributed by atoms with Crippen LogP contribution in [0, 0.1) is 20.2 Å². The highest BCUT2D eigenvalue weighted by Crippen LogP contribution is 2.33. The maximum Gasteiger partial charge on any atom is 0.277 e. The van der Waals surface area contributed by atoms with Gasteiger partial charge in [-0.2, -0.15) is 0 Å². The molecule has 1 N–H and O–H groups in total. The average molecular weight is 260 g/mol.